The van der Waals surface area contributed by atoms with Crippen LogP contribution in [0.1, 0.15) is 22.3 Å². The first-order chi connectivity index (χ1) is 9.92. The second-order valence-electron chi connectivity index (χ2n) is 5.13. The molecule has 2 aromatic rings. The van der Waals surface area contributed by atoms with E-state index < -0.39 is 0 Å². The standard InChI is InChI=1S/C19H15N/c1-2-6-14-10-12-16-13-11-15-7-4-5-9-18(15)20-19(16)17(14)8-3-1/h1-7,9-13,20H,8H2. The van der Waals surface area contributed by atoms with Crippen molar-refractivity contribution in [2.75, 3.05) is 5.32 Å². The first-order valence-corrected chi connectivity index (χ1v) is 6.95. The van der Waals surface area contributed by atoms with E-state index >= 15 is 0 Å². The molecule has 0 unspecified atom stereocenters. The average molecular weight is 257 g/mol. The summed E-state index contributed by atoms with van der Waals surface area (Å²) in [5, 5.41) is 3.63. The van der Waals surface area contributed by atoms with Crippen molar-refractivity contribution in [1.82, 2.24) is 0 Å². The third-order valence-electron chi connectivity index (χ3n) is 3.89. The van der Waals surface area contributed by atoms with Crippen LogP contribution >= 0.6 is 0 Å². The molecule has 2 aromatic carbocycles. The van der Waals surface area contributed by atoms with E-state index in [-0.39, 0.29) is 0 Å². The molecule has 1 N–H and O–H groups in total. The van der Waals surface area contributed by atoms with Gasteiger partial charge in [-0.15, -0.1) is 0 Å². The van der Waals surface area contributed by atoms with Crippen LogP contribution in [-0.4, -0.2) is 0 Å². The molecule has 2 aliphatic rings. The van der Waals surface area contributed by atoms with Crippen LogP contribution < -0.4 is 5.32 Å². The quantitative estimate of drug-likeness (QED) is 0.595. The number of fused-ring (bicyclic) bond motifs is 4. The van der Waals surface area contributed by atoms with Gasteiger partial charge >= 0.3 is 0 Å². The summed E-state index contributed by atoms with van der Waals surface area (Å²) in [4.78, 5) is 0. The third-order valence-corrected chi connectivity index (χ3v) is 3.89. The van der Waals surface area contributed by atoms with E-state index in [9.17, 15) is 0 Å². The van der Waals surface area contributed by atoms with E-state index in [1.165, 1.54) is 33.6 Å². The van der Waals surface area contributed by atoms with Gasteiger partial charge < -0.3 is 5.32 Å². The highest BCUT2D eigenvalue weighted by Gasteiger charge is 2.14. The van der Waals surface area contributed by atoms with Crippen LogP contribution in [0, 0.1) is 0 Å². The number of para-hydroxylation sites is 1. The van der Waals surface area contributed by atoms with Crippen LogP contribution in [0.5, 0.6) is 0 Å². The molecule has 0 aromatic heterocycles. The Kier molecular flexibility index (Phi) is 2.56. The number of anilines is 2. The topological polar surface area (TPSA) is 12.0 Å². The van der Waals surface area contributed by atoms with Gasteiger partial charge in [0.25, 0.3) is 0 Å². The second-order valence-corrected chi connectivity index (χ2v) is 5.13. The molecule has 0 radical (unpaired) electrons. The van der Waals surface area contributed by atoms with Crippen molar-refractivity contribution in [2.45, 2.75) is 6.42 Å². The lowest BCUT2D eigenvalue weighted by atomic mass is 9.98. The molecule has 0 fully saturated rings. The SMILES string of the molecule is C1=CCc2c(ccc3c2Nc2ccccc2C=C3)C=C1. The summed E-state index contributed by atoms with van der Waals surface area (Å²) in [6.07, 6.45) is 14.0. The molecule has 0 saturated carbocycles. The normalized spacial score (nSPS) is 14.6. The largest absolute Gasteiger partial charge is 0.354 e. The van der Waals surface area contributed by atoms with Crippen molar-refractivity contribution in [3.8, 4) is 0 Å². The monoisotopic (exact) mass is 257 g/mol. The number of allylic oxidation sites excluding steroid dienone is 3. The minimum Gasteiger partial charge on any atom is -0.354 e. The van der Waals surface area contributed by atoms with E-state index in [4.69, 9.17) is 0 Å². The summed E-state index contributed by atoms with van der Waals surface area (Å²) in [6, 6.07) is 12.8. The molecule has 0 atom stereocenters. The van der Waals surface area contributed by atoms with Gasteiger partial charge in [-0.2, -0.15) is 0 Å². The van der Waals surface area contributed by atoms with Gasteiger partial charge in [0.05, 0.1) is 0 Å². The van der Waals surface area contributed by atoms with Gasteiger partial charge in [0.1, 0.15) is 0 Å². The van der Waals surface area contributed by atoms with Gasteiger partial charge in [-0.3, -0.25) is 0 Å². The lowest BCUT2D eigenvalue weighted by Gasteiger charge is -2.16. The minimum atomic E-state index is 0.967. The molecule has 4 rings (SSSR count). The summed E-state index contributed by atoms with van der Waals surface area (Å²) in [6.45, 7) is 0. The van der Waals surface area contributed by atoms with Crippen molar-refractivity contribution in [1.29, 1.82) is 0 Å². The van der Waals surface area contributed by atoms with Crippen LogP contribution in [0.3, 0.4) is 0 Å². The highest BCUT2D eigenvalue weighted by molar-refractivity contribution is 5.90. The molecule has 0 amide bonds. The molecule has 1 aliphatic carbocycles. The molecule has 0 bridgehead atoms. The zero-order chi connectivity index (χ0) is 13.4. The highest BCUT2D eigenvalue weighted by Crippen LogP contribution is 2.35. The van der Waals surface area contributed by atoms with Crippen molar-refractivity contribution in [3.05, 3.63) is 76.9 Å². The van der Waals surface area contributed by atoms with Gasteiger partial charge in [-0.05, 0) is 34.7 Å². The maximum Gasteiger partial charge on any atom is 0.0499 e. The molecular weight excluding hydrogens is 242 g/mol. The lowest BCUT2D eigenvalue weighted by molar-refractivity contribution is 1.26. The number of nitrogens with one attached hydrogen (secondary N) is 1. The van der Waals surface area contributed by atoms with Crippen LogP contribution in [0.25, 0.3) is 18.2 Å². The fourth-order valence-corrected chi connectivity index (χ4v) is 2.84. The Balaban J connectivity index is 1.93. The van der Waals surface area contributed by atoms with Gasteiger partial charge in [-0.1, -0.05) is 66.8 Å². The Morgan fingerprint density at radius 1 is 0.750 bits per heavy atom. The molecule has 0 saturated heterocycles. The van der Waals surface area contributed by atoms with Gasteiger partial charge in [-0.25, -0.2) is 0 Å². The molecule has 96 valence electrons. The van der Waals surface area contributed by atoms with Crippen LogP contribution in [-0.2, 0) is 6.42 Å². The van der Waals surface area contributed by atoms with Crippen LogP contribution in [0.4, 0.5) is 11.4 Å². The Labute approximate surface area is 119 Å². The van der Waals surface area contributed by atoms with E-state index in [1.807, 2.05) is 0 Å². The van der Waals surface area contributed by atoms with E-state index in [2.05, 4.69) is 78.2 Å². The van der Waals surface area contributed by atoms with Crippen LogP contribution in [0.15, 0.2) is 54.6 Å². The first-order valence-electron chi connectivity index (χ1n) is 6.95. The van der Waals surface area contributed by atoms with Crippen LogP contribution in [0.2, 0.25) is 0 Å². The van der Waals surface area contributed by atoms with Crippen molar-refractivity contribution < 1.29 is 0 Å². The summed E-state index contributed by atoms with van der Waals surface area (Å²) in [5.41, 5.74) is 7.57. The number of hydrogen-bond donors (Lipinski definition) is 1. The van der Waals surface area contributed by atoms with Gasteiger partial charge in [0.15, 0.2) is 0 Å². The predicted octanol–water partition coefficient (Wildman–Crippen LogP) is 5.04. The van der Waals surface area contributed by atoms with E-state index in [1.54, 1.807) is 0 Å². The van der Waals surface area contributed by atoms with E-state index in [0.717, 1.165) is 6.42 Å². The number of hydrogen-bond acceptors (Lipinski definition) is 1. The Hall–Kier alpha value is -2.54. The second kappa shape index (κ2) is 4.53. The number of benzene rings is 2. The Morgan fingerprint density at radius 3 is 2.60 bits per heavy atom. The first kappa shape index (κ1) is 11.3. The average Bonchev–Trinajstić information content (AvgIpc) is 2.82. The molecule has 20 heavy (non-hydrogen) atoms. The summed E-state index contributed by atoms with van der Waals surface area (Å²) in [5.74, 6) is 0. The zero-order valence-corrected chi connectivity index (χ0v) is 11.1. The fraction of sp³-hybridized carbons (Fsp3) is 0.0526. The number of rotatable bonds is 0. The molecular formula is C19H15N. The molecule has 1 heteroatoms. The Bertz CT molecular complexity index is 763. The molecule has 0 spiro atoms. The van der Waals surface area contributed by atoms with E-state index in [0.29, 0.717) is 0 Å². The summed E-state index contributed by atoms with van der Waals surface area (Å²) >= 11 is 0. The minimum absolute atomic E-state index is 0.967. The van der Waals surface area contributed by atoms with Crippen molar-refractivity contribution >= 4 is 29.6 Å². The summed E-state index contributed by atoms with van der Waals surface area (Å²) in [7, 11) is 0. The zero-order valence-electron chi connectivity index (χ0n) is 11.1. The smallest absolute Gasteiger partial charge is 0.0499 e. The molecule has 1 heterocycles. The third kappa shape index (κ3) is 1.79. The Morgan fingerprint density at radius 2 is 1.60 bits per heavy atom. The van der Waals surface area contributed by atoms with Gasteiger partial charge in [0.2, 0.25) is 0 Å². The lowest BCUT2D eigenvalue weighted by Crippen LogP contribution is -2.00. The maximum absolute atomic E-state index is 3.63. The highest BCUT2D eigenvalue weighted by atomic mass is 14.9. The molecule has 1 aliphatic heterocycles. The van der Waals surface area contributed by atoms with Crippen molar-refractivity contribution in [2.24, 2.45) is 0 Å². The molecule has 1 nitrogen and oxygen atoms in total. The maximum atomic E-state index is 3.63. The fourth-order valence-electron chi connectivity index (χ4n) is 2.84. The summed E-state index contributed by atoms with van der Waals surface area (Å²) < 4.78 is 0. The predicted molar refractivity (Wildman–Crippen MR) is 87.0 cm³/mol. The van der Waals surface area contributed by atoms with Crippen molar-refractivity contribution in [3.63, 3.8) is 0 Å². The van der Waals surface area contributed by atoms with Gasteiger partial charge in [0, 0.05) is 11.4 Å².